The number of hydrogen-bond donors (Lipinski definition) is 0. The molecular weight excluding hydrogens is 556 g/mol. The molecule has 6 atom stereocenters. The van der Waals surface area contributed by atoms with Crippen LogP contribution in [0.1, 0.15) is 68.2 Å². The third-order valence-corrected chi connectivity index (χ3v) is 6.48. The molecule has 0 spiro atoms. The van der Waals surface area contributed by atoms with Crippen LogP contribution in [-0.4, -0.2) is 79.7 Å². The molecule has 42 heavy (non-hydrogen) atoms. The number of carbonyl (C=O) groups is 7. The van der Waals surface area contributed by atoms with Crippen LogP contribution in [0.5, 0.6) is 0 Å². The van der Waals surface area contributed by atoms with Gasteiger partial charge >= 0.3 is 35.8 Å². The van der Waals surface area contributed by atoms with Crippen molar-refractivity contribution < 1.29 is 62.0 Å². The Morgan fingerprint density at radius 3 is 1.74 bits per heavy atom. The largest absolute Gasteiger partial charge is 0.469 e. The van der Waals surface area contributed by atoms with E-state index >= 15 is 0 Å². The standard InChI is InChI=1S/C29H40O13/c1-14-10-22(24(12-16(3)30)29(36)37-9)23(11-15(14)2)26(40-19(6)33)28(42-21(8)35)27(41-20(7)34)25(39-18(5)32)13-38-17(4)31/h10,23-28H,11-13H2,1-9H3/t23-,24-,25-,26-,27-,28-/m1/s1. The predicted octanol–water partition coefficient (Wildman–Crippen LogP) is 2.33. The van der Waals surface area contributed by atoms with E-state index in [-0.39, 0.29) is 18.6 Å². The maximum Gasteiger partial charge on any atom is 0.313 e. The summed E-state index contributed by atoms with van der Waals surface area (Å²) >= 11 is 0. The summed E-state index contributed by atoms with van der Waals surface area (Å²) in [5.41, 5.74) is 1.97. The highest BCUT2D eigenvalue weighted by atomic mass is 16.6. The molecule has 0 aliphatic heterocycles. The molecule has 1 aliphatic rings. The number of esters is 6. The Morgan fingerprint density at radius 1 is 0.762 bits per heavy atom. The summed E-state index contributed by atoms with van der Waals surface area (Å²) in [5.74, 6) is -7.18. The van der Waals surface area contributed by atoms with Crippen molar-refractivity contribution in [2.24, 2.45) is 11.8 Å². The maximum absolute atomic E-state index is 12.9. The summed E-state index contributed by atoms with van der Waals surface area (Å²) in [6.07, 6.45) is -4.60. The van der Waals surface area contributed by atoms with Crippen LogP contribution in [-0.2, 0) is 62.0 Å². The zero-order chi connectivity index (χ0) is 32.3. The Hall–Kier alpha value is -4.03. The minimum Gasteiger partial charge on any atom is -0.469 e. The van der Waals surface area contributed by atoms with Gasteiger partial charge < -0.3 is 28.4 Å². The number of Topliss-reactive ketones (excluding diaryl/α,β-unsaturated/α-hetero) is 1. The van der Waals surface area contributed by atoms with Crippen LogP contribution in [0.25, 0.3) is 0 Å². The Labute approximate surface area is 244 Å². The lowest BCUT2D eigenvalue weighted by atomic mass is 9.72. The number of ether oxygens (including phenoxy) is 6. The molecule has 0 N–H and O–H groups in total. The van der Waals surface area contributed by atoms with Gasteiger partial charge in [-0.2, -0.15) is 0 Å². The van der Waals surface area contributed by atoms with Crippen molar-refractivity contribution in [3.63, 3.8) is 0 Å². The monoisotopic (exact) mass is 596 g/mol. The normalized spacial score (nSPS) is 18.2. The fourth-order valence-electron chi connectivity index (χ4n) is 4.76. The summed E-state index contributed by atoms with van der Waals surface area (Å²) in [7, 11) is 1.17. The number of methoxy groups -OCH3 is 1. The minimum absolute atomic E-state index is 0.174. The second kappa shape index (κ2) is 16.4. The predicted molar refractivity (Wildman–Crippen MR) is 144 cm³/mol. The average Bonchev–Trinajstić information content (AvgIpc) is 2.86. The molecule has 0 aromatic rings. The van der Waals surface area contributed by atoms with Crippen molar-refractivity contribution in [3.8, 4) is 0 Å². The first-order valence-corrected chi connectivity index (χ1v) is 13.3. The average molecular weight is 597 g/mol. The highest BCUT2D eigenvalue weighted by molar-refractivity contribution is 5.85. The highest BCUT2D eigenvalue weighted by Crippen LogP contribution is 2.41. The maximum atomic E-state index is 12.9. The molecule has 0 radical (unpaired) electrons. The molecule has 0 saturated heterocycles. The minimum atomic E-state index is -1.64. The van der Waals surface area contributed by atoms with E-state index in [2.05, 4.69) is 0 Å². The van der Waals surface area contributed by atoms with E-state index in [0.717, 1.165) is 45.8 Å². The lowest BCUT2D eigenvalue weighted by molar-refractivity contribution is -0.206. The molecule has 0 bridgehead atoms. The first-order chi connectivity index (χ1) is 19.5. The molecule has 13 nitrogen and oxygen atoms in total. The second-order valence-corrected chi connectivity index (χ2v) is 10.1. The van der Waals surface area contributed by atoms with E-state index in [4.69, 9.17) is 28.4 Å². The number of carbonyl (C=O) groups excluding carboxylic acids is 7. The second-order valence-electron chi connectivity index (χ2n) is 10.1. The SMILES string of the molecule is COC(=O)[C@H](CC(C)=O)C1=CC(C)=C(C)C[C@H]1[C@@H](OC(C)=O)[C@@H](OC(C)=O)[C@H](OC(C)=O)[C@@H](COC(C)=O)OC(C)=O. The van der Waals surface area contributed by atoms with Crippen LogP contribution >= 0.6 is 0 Å². The van der Waals surface area contributed by atoms with Gasteiger partial charge in [0.05, 0.1) is 13.0 Å². The van der Waals surface area contributed by atoms with Gasteiger partial charge in [-0.25, -0.2) is 0 Å². The molecule has 0 fully saturated rings. The molecule has 1 aliphatic carbocycles. The Morgan fingerprint density at radius 2 is 1.29 bits per heavy atom. The Balaban J connectivity index is 3.97. The fraction of sp³-hybridized carbons (Fsp3) is 0.621. The molecule has 0 heterocycles. The zero-order valence-electron chi connectivity index (χ0n) is 25.5. The summed E-state index contributed by atoms with van der Waals surface area (Å²) in [5, 5.41) is 0. The molecule has 0 unspecified atom stereocenters. The van der Waals surface area contributed by atoms with Crippen molar-refractivity contribution in [2.75, 3.05) is 13.7 Å². The number of rotatable bonds is 14. The van der Waals surface area contributed by atoms with Crippen LogP contribution in [0.4, 0.5) is 0 Å². The third-order valence-electron chi connectivity index (χ3n) is 6.48. The molecule has 0 saturated carbocycles. The van der Waals surface area contributed by atoms with Gasteiger partial charge in [-0.05, 0) is 32.8 Å². The van der Waals surface area contributed by atoms with Crippen molar-refractivity contribution in [1.29, 1.82) is 0 Å². The molecule has 0 aromatic carbocycles. The number of hydrogen-bond acceptors (Lipinski definition) is 13. The number of allylic oxidation sites excluding steroid dienone is 3. The van der Waals surface area contributed by atoms with Gasteiger partial charge in [-0.15, -0.1) is 0 Å². The smallest absolute Gasteiger partial charge is 0.313 e. The molecule has 0 aromatic heterocycles. The number of ketones is 1. The first-order valence-electron chi connectivity index (χ1n) is 13.3. The van der Waals surface area contributed by atoms with Crippen LogP contribution in [0.2, 0.25) is 0 Å². The van der Waals surface area contributed by atoms with E-state index in [1.54, 1.807) is 13.0 Å². The van der Waals surface area contributed by atoms with E-state index < -0.39 is 78.7 Å². The molecule has 1 rings (SSSR count). The third kappa shape index (κ3) is 11.1. The molecule has 13 heteroatoms. The van der Waals surface area contributed by atoms with Crippen LogP contribution < -0.4 is 0 Å². The lowest BCUT2D eigenvalue weighted by Gasteiger charge is -2.41. The van der Waals surface area contributed by atoms with Crippen molar-refractivity contribution in [1.82, 2.24) is 0 Å². The first kappa shape index (κ1) is 36.0. The van der Waals surface area contributed by atoms with E-state index in [9.17, 15) is 33.6 Å². The van der Waals surface area contributed by atoms with Gasteiger partial charge in [-0.3, -0.25) is 33.6 Å². The van der Waals surface area contributed by atoms with Gasteiger partial charge in [-0.1, -0.05) is 17.2 Å². The lowest BCUT2D eigenvalue weighted by Crippen LogP contribution is -2.55. The van der Waals surface area contributed by atoms with Crippen LogP contribution in [0, 0.1) is 11.8 Å². The summed E-state index contributed by atoms with van der Waals surface area (Å²) in [6.45, 7) is 9.72. The Kier molecular flexibility index (Phi) is 14.1. The van der Waals surface area contributed by atoms with E-state index in [1.807, 2.05) is 6.92 Å². The van der Waals surface area contributed by atoms with Gasteiger partial charge in [0.2, 0.25) is 0 Å². The summed E-state index contributed by atoms with van der Waals surface area (Å²) in [6, 6.07) is 0. The van der Waals surface area contributed by atoms with Crippen molar-refractivity contribution in [2.45, 2.75) is 92.6 Å². The zero-order valence-corrected chi connectivity index (χ0v) is 25.5. The van der Waals surface area contributed by atoms with Gasteiger partial charge in [0.15, 0.2) is 18.3 Å². The van der Waals surface area contributed by atoms with Gasteiger partial charge in [0.1, 0.15) is 18.5 Å². The topological polar surface area (TPSA) is 175 Å². The summed E-state index contributed by atoms with van der Waals surface area (Å²) < 4.78 is 32.2. The molecule has 0 amide bonds. The van der Waals surface area contributed by atoms with Gasteiger partial charge in [0, 0.05) is 47.0 Å². The quantitative estimate of drug-likeness (QED) is 0.211. The van der Waals surface area contributed by atoms with Crippen LogP contribution in [0.15, 0.2) is 22.8 Å². The van der Waals surface area contributed by atoms with Crippen LogP contribution in [0.3, 0.4) is 0 Å². The summed E-state index contributed by atoms with van der Waals surface area (Å²) in [4.78, 5) is 85.9. The molecular formula is C29H40O13. The van der Waals surface area contributed by atoms with Gasteiger partial charge in [0.25, 0.3) is 0 Å². The highest BCUT2D eigenvalue weighted by Gasteiger charge is 2.49. The Bertz CT molecular complexity index is 1130. The van der Waals surface area contributed by atoms with Crippen molar-refractivity contribution in [3.05, 3.63) is 22.8 Å². The van der Waals surface area contributed by atoms with Crippen molar-refractivity contribution >= 4 is 41.6 Å². The molecule has 234 valence electrons. The van der Waals surface area contributed by atoms with E-state index in [1.165, 1.54) is 14.0 Å². The van der Waals surface area contributed by atoms with E-state index in [0.29, 0.717) is 5.57 Å². The fourth-order valence-corrected chi connectivity index (χ4v) is 4.76.